The zero-order valence-corrected chi connectivity index (χ0v) is 10.3. The van der Waals surface area contributed by atoms with Crippen LogP contribution in [-0.4, -0.2) is 13.3 Å². The second kappa shape index (κ2) is 4.09. The van der Waals surface area contributed by atoms with Crippen molar-refractivity contribution in [3.8, 4) is 11.5 Å². The van der Waals surface area contributed by atoms with Crippen LogP contribution in [0.1, 0.15) is 11.6 Å². The van der Waals surface area contributed by atoms with E-state index in [4.69, 9.17) is 9.47 Å². The Hall–Kier alpha value is -2.36. The molecule has 0 fully saturated rings. The fourth-order valence-corrected chi connectivity index (χ4v) is 2.54. The summed E-state index contributed by atoms with van der Waals surface area (Å²) in [5, 5.41) is 6.99. The molecule has 0 saturated carbocycles. The van der Waals surface area contributed by atoms with Crippen molar-refractivity contribution in [3.05, 3.63) is 48.0 Å². The van der Waals surface area contributed by atoms with E-state index >= 15 is 0 Å². The lowest BCUT2D eigenvalue weighted by Crippen LogP contribution is -2.25. The number of fused-ring (bicyclic) bond motifs is 2. The number of benzene rings is 2. The summed E-state index contributed by atoms with van der Waals surface area (Å²) < 4.78 is 10.8. The number of hydrogen-bond donors (Lipinski definition) is 2. The zero-order chi connectivity index (χ0) is 12.7. The van der Waals surface area contributed by atoms with Crippen LogP contribution in [0.5, 0.6) is 11.5 Å². The molecular formula is C15H14N2O2. The second-order valence-electron chi connectivity index (χ2n) is 4.74. The van der Waals surface area contributed by atoms with Crippen LogP contribution in [0.4, 0.5) is 11.4 Å². The molecule has 96 valence electrons. The highest BCUT2D eigenvalue weighted by atomic mass is 16.7. The van der Waals surface area contributed by atoms with Gasteiger partial charge >= 0.3 is 0 Å². The Morgan fingerprint density at radius 3 is 2.74 bits per heavy atom. The Morgan fingerprint density at radius 1 is 0.947 bits per heavy atom. The van der Waals surface area contributed by atoms with Crippen LogP contribution in [0.25, 0.3) is 0 Å². The Kier molecular flexibility index (Phi) is 2.27. The summed E-state index contributed by atoms with van der Waals surface area (Å²) in [4.78, 5) is 0. The number of hydrogen-bond acceptors (Lipinski definition) is 4. The highest BCUT2D eigenvalue weighted by Gasteiger charge is 2.21. The normalized spacial score (nSPS) is 19.3. The van der Waals surface area contributed by atoms with E-state index in [1.54, 1.807) is 0 Å². The van der Waals surface area contributed by atoms with Crippen LogP contribution in [0.3, 0.4) is 0 Å². The van der Waals surface area contributed by atoms with E-state index in [-0.39, 0.29) is 6.04 Å². The van der Waals surface area contributed by atoms with Crippen LogP contribution < -0.4 is 20.1 Å². The Balaban J connectivity index is 1.64. The van der Waals surface area contributed by atoms with Gasteiger partial charge in [-0.05, 0) is 29.8 Å². The first-order valence-corrected chi connectivity index (χ1v) is 6.39. The first-order valence-electron chi connectivity index (χ1n) is 6.39. The standard InChI is InChI=1S/C15H14N2O2/c1-2-4-12-11(3-1)16-8-13(17-12)10-5-6-14-15(7-10)19-9-18-14/h1-7,13,16-17H,8-9H2/t13-/m1/s1. The molecular weight excluding hydrogens is 240 g/mol. The fourth-order valence-electron chi connectivity index (χ4n) is 2.54. The molecule has 4 rings (SSSR count). The molecule has 0 aliphatic carbocycles. The van der Waals surface area contributed by atoms with E-state index in [0.29, 0.717) is 6.79 Å². The lowest BCUT2D eigenvalue weighted by molar-refractivity contribution is 0.174. The molecule has 4 nitrogen and oxygen atoms in total. The summed E-state index contributed by atoms with van der Waals surface area (Å²) in [6.45, 7) is 1.18. The Labute approximate surface area is 111 Å². The lowest BCUT2D eigenvalue weighted by atomic mass is 10.0. The minimum absolute atomic E-state index is 0.240. The van der Waals surface area contributed by atoms with Crippen molar-refractivity contribution >= 4 is 11.4 Å². The van der Waals surface area contributed by atoms with Crippen molar-refractivity contribution in [1.82, 2.24) is 0 Å². The van der Waals surface area contributed by atoms with Crippen molar-refractivity contribution < 1.29 is 9.47 Å². The van der Waals surface area contributed by atoms with E-state index < -0.39 is 0 Å². The van der Waals surface area contributed by atoms with Crippen LogP contribution in [-0.2, 0) is 0 Å². The molecule has 1 atom stereocenters. The van der Waals surface area contributed by atoms with Crippen molar-refractivity contribution in [2.75, 3.05) is 24.0 Å². The van der Waals surface area contributed by atoms with Crippen molar-refractivity contribution in [3.63, 3.8) is 0 Å². The number of rotatable bonds is 1. The summed E-state index contributed by atoms with van der Waals surface area (Å²) in [5.41, 5.74) is 3.49. The van der Waals surface area contributed by atoms with Gasteiger partial charge in [-0.25, -0.2) is 0 Å². The maximum atomic E-state index is 5.43. The average molecular weight is 254 g/mol. The maximum absolute atomic E-state index is 5.43. The monoisotopic (exact) mass is 254 g/mol. The fraction of sp³-hybridized carbons (Fsp3) is 0.200. The van der Waals surface area contributed by atoms with Gasteiger partial charge < -0.3 is 20.1 Å². The third kappa shape index (κ3) is 1.76. The first-order chi connectivity index (χ1) is 9.40. The van der Waals surface area contributed by atoms with E-state index in [1.165, 1.54) is 5.56 Å². The topological polar surface area (TPSA) is 42.5 Å². The Morgan fingerprint density at radius 2 is 1.79 bits per heavy atom. The molecule has 0 aromatic heterocycles. The van der Waals surface area contributed by atoms with Gasteiger partial charge in [0.2, 0.25) is 6.79 Å². The predicted octanol–water partition coefficient (Wildman–Crippen LogP) is 2.99. The number of ether oxygens (including phenoxy) is 2. The summed E-state index contributed by atoms with van der Waals surface area (Å²) in [5.74, 6) is 1.66. The van der Waals surface area contributed by atoms with Crippen molar-refractivity contribution in [2.24, 2.45) is 0 Å². The van der Waals surface area contributed by atoms with Gasteiger partial charge in [-0.15, -0.1) is 0 Å². The van der Waals surface area contributed by atoms with Crippen LogP contribution in [0.15, 0.2) is 42.5 Å². The van der Waals surface area contributed by atoms with Crippen LogP contribution >= 0.6 is 0 Å². The molecule has 0 radical (unpaired) electrons. The average Bonchev–Trinajstić information content (AvgIpc) is 2.94. The lowest BCUT2D eigenvalue weighted by Gasteiger charge is -2.28. The quantitative estimate of drug-likeness (QED) is 0.821. The van der Waals surface area contributed by atoms with E-state index in [0.717, 1.165) is 29.4 Å². The maximum Gasteiger partial charge on any atom is 0.231 e. The highest BCUT2D eigenvalue weighted by molar-refractivity contribution is 5.71. The number of nitrogens with one attached hydrogen (secondary N) is 2. The van der Waals surface area contributed by atoms with Gasteiger partial charge in [-0.2, -0.15) is 0 Å². The molecule has 2 aromatic carbocycles. The number of anilines is 2. The molecule has 0 unspecified atom stereocenters. The van der Waals surface area contributed by atoms with Crippen molar-refractivity contribution in [2.45, 2.75) is 6.04 Å². The second-order valence-corrected chi connectivity index (χ2v) is 4.74. The van der Waals surface area contributed by atoms with Crippen LogP contribution in [0.2, 0.25) is 0 Å². The minimum atomic E-state index is 0.240. The molecule has 2 heterocycles. The largest absolute Gasteiger partial charge is 0.454 e. The molecule has 0 bridgehead atoms. The molecule has 2 aliphatic heterocycles. The third-order valence-electron chi connectivity index (χ3n) is 3.55. The first kappa shape index (κ1) is 10.6. The molecule has 2 N–H and O–H groups in total. The number of para-hydroxylation sites is 2. The predicted molar refractivity (Wildman–Crippen MR) is 73.9 cm³/mol. The molecule has 2 aliphatic rings. The van der Waals surface area contributed by atoms with Crippen LogP contribution in [0, 0.1) is 0 Å². The summed E-state index contributed by atoms with van der Waals surface area (Å²) in [6.07, 6.45) is 0. The van der Waals surface area contributed by atoms with Gasteiger partial charge in [0.05, 0.1) is 17.4 Å². The highest BCUT2D eigenvalue weighted by Crippen LogP contribution is 2.37. The minimum Gasteiger partial charge on any atom is -0.454 e. The Bertz CT molecular complexity index is 627. The van der Waals surface area contributed by atoms with E-state index in [9.17, 15) is 0 Å². The molecule has 0 amide bonds. The smallest absolute Gasteiger partial charge is 0.231 e. The van der Waals surface area contributed by atoms with E-state index in [1.807, 2.05) is 18.2 Å². The van der Waals surface area contributed by atoms with Gasteiger partial charge in [0.25, 0.3) is 0 Å². The zero-order valence-electron chi connectivity index (χ0n) is 10.3. The van der Waals surface area contributed by atoms with Gasteiger partial charge in [0, 0.05) is 6.54 Å². The molecule has 2 aromatic rings. The summed E-state index contributed by atoms with van der Waals surface area (Å²) >= 11 is 0. The van der Waals surface area contributed by atoms with Gasteiger partial charge in [0.15, 0.2) is 11.5 Å². The van der Waals surface area contributed by atoms with Gasteiger partial charge in [-0.1, -0.05) is 18.2 Å². The SMILES string of the molecule is c1ccc2c(c1)NC[C@H](c1ccc3c(c1)OCO3)N2. The van der Waals surface area contributed by atoms with E-state index in [2.05, 4.69) is 34.9 Å². The summed E-state index contributed by atoms with van der Waals surface area (Å²) in [7, 11) is 0. The molecule has 19 heavy (non-hydrogen) atoms. The van der Waals surface area contributed by atoms with Gasteiger partial charge in [-0.3, -0.25) is 0 Å². The van der Waals surface area contributed by atoms with Crippen molar-refractivity contribution in [1.29, 1.82) is 0 Å². The third-order valence-corrected chi connectivity index (χ3v) is 3.55. The van der Waals surface area contributed by atoms with Gasteiger partial charge in [0.1, 0.15) is 0 Å². The molecule has 4 heteroatoms. The molecule has 0 spiro atoms. The summed E-state index contributed by atoms with van der Waals surface area (Å²) in [6, 6.07) is 14.6. The molecule has 0 saturated heterocycles.